The summed E-state index contributed by atoms with van der Waals surface area (Å²) >= 11 is 0. The Bertz CT molecular complexity index is 949. The predicted octanol–water partition coefficient (Wildman–Crippen LogP) is 3.59. The molecule has 1 aliphatic rings. The topological polar surface area (TPSA) is 75.6 Å². The third-order valence-corrected chi connectivity index (χ3v) is 5.88. The van der Waals surface area contributed by atoms with Crippen molar-refractivity contribution in [3.05, 3.63) is 70.8 Å². The van der Waals surface area contributed by atoms with Gasteiger partial charge in [0.25, 0.3) is 0 Å². The first-order valence-corrected chi connectivity index (χ1v) is 10.5. The maximum absolute atomic E-state index is 13.1. The van der Waals surface area contributed by atoms with Gasteiger partial charge >= 0.3 is 12.4 Å². The van der Waals surface area contributed by atoms with Crippen LogP contribution in [-0.4, -0.2) is 40.8 Å². The SMILES string of the molecule is O=C([O-])N1C(CO)CC(NCc2cc(C(F)(F)F)cc(C(F)(F)F)c2)CC1Cc1ccccc1. The number of carbonyl (C=O) groups is 1. The normalized spacial score (nSPS) is 21.5. The third kappa shape index (κ3) is 6.41. The number of benzene rings is 2. The van der Waals surface area contributed by atoms with Crippen LogP contribution in [0, 0.1) is 0 Å². The van der Waals surface area contributed by atoms with E-state index in [1.54, 1.807) is 30.3 Å². The van der Waals surface area contributed by atoms with E-state index in [4.69, 9.17) is 0 Å². The lowest BCUT2D eigenvalue weighted by Gasteiger charge is -2.46. The molecule has 0 radical (unpaired) electrons. The number of amides is 1. The van der Waals surface area contributed by atoms with Gasteiger partial charge in [-0.1, -0.05) is 30.3 Å². The molecule has 0 aromatic heterocycles. The van der Waals surface area contributed by atoms with Gasteiger partial charge in [0.2, 0.25) is 0 Å². The van der Waals surface area contributed by atoms with Crippen LogP contribution < -0.4 is 10.4 Å². The Labute approximate surface area is 192 Å². The standard InChI is InChI=1S/C23H24F6N2O3/c24-22(25,26)16-6-15(7-17(9-16)23(27,28)29)12-30-18-10-19(8-14-4-2-1-3-5-14)31(21(33)34)20(11-18)13-32/h1-7,9,18-20,30,32H,8,10-13H2,(H,33,34)/p-1. The summed E-state index contributed by atoms with van der Waals surface area (Å²) in [5, 5.41) is 24.4. The fourth-order valence-electron chi connectivity index (χ4n) is 4.36. The molecule has 3 rings (SSSR count). The van der Waals surface area contributed by atoms with Crippen molar-refractivity contribution in [1.82, 2.24) is 10.2 Å². The second-order valence-corrected chi connectivity index (χ2v) is 8.32. The van der Waals surface area contributed by atoms with Crippen LogP contribution in [-0.2, 0) is 25.3 Å². The number of piperidine rings is 1. The average Bonchev–Trinajstić information content (AvgIpc) is 2.76. The van der Waals surface area contributed by atoms with E-state index in [0.29, 0.717) is 18.6 Å². The number of nitrogens with one attached hydrogen (secondary N) is 1. The molecule has 34 heavy (non-hydrogen) atoms. The number of rotatable bonds is 6. The molecule has 1 saturated heterocycles. The molecule has 2 N–H and O–H groups in total. The molecule has 2 aromatic rings. The van der Waals surface area contributed by atoms with E-state index in [2.05, 4.69) is 5.32 Å². The number of likely N-dealkylation sites (tertiary alicyclic amines) is 1. The maximum Gasteiger partial charge on any atom is 0.416 e. The van der Waals surface area contributed by atoms with Crippen LogP contribution in [0.25, 0.3) is 0 Å². The number of hydrogen-bond acceptors (Lipinski definition) is 4. The van der Waals surface area contributed by atoms with Gasteiger partial charge in [0.15, 0.2) is 0 Å². The molecule has 0 spiro atoms. The first-order valence-electron chi connectivity index (χ1n) is 10.5. The fourth-order valence-corrected chi connectivity index (χ4v) is 4.36. The maximum atomic E-state index is 13.1. The Morgan fingerprint density at radius 2 is 1.50 bits per heavy atom. The zero-order valence-corrected chi connectivity index (χ0v) is 17.9. The second-order valence-electron chi connectivity index (χ2n) is 8.32. The van der Waals surface area contributed by atoms with E-state index in [0.717, 1.165) is 10.5 Å². The summed E-state index contributed by atoms with van der Waals surface area (Å²) in [7, 11) is 0. The first-order chi connectivity index (χ1) is 15.9. The quantitative estimate of drug-likeness (QED) is 0.609. The fraction of sp³-hybridized carbons (Fsp3) is 0.435. The Hall–Kier alpha value is -2.79. The van der Waals surface area contributed by atoms with Gasteiger partial charge in [-0.15, -0.1) is 0 Å². The van der Waals surface area contributed by atoms with Gasteiger partial charge in [-0.05, 0) is 48.6 Å². The Morgan fingerprint density at radius 3 is 2.00 bits per heavy atom. The molecule has 5 nitrogen and oxygen atoms in total. The van der Waals surface area contributed by atoms with E-state index in [1.165, 1.54) is 0 Å². The lowest BCUT2D eigenvalue weighted by Crippen LogP contribution is -2.61. The van der Waals surface area contributed by atoms with E-state index in [9.17, 15) is 41.4 Å². The molecule has 1 aliphatic heterocycles. The smallest absolute Gasteiger partial charge is 0.416 e. The van der Waals surface area contributed by atoms with Crippen LogP contribution in [0.15, 0.2) is 48.5 Å². The van der Waals surface area contributed by atoms with Crippen LogP contribution in [0.5, 0.6) is 0 Å². The highest BCUT2D eigenvalue weighted by Crippen LogP contribution is 2.36. The molecule has 1 heterocycles. The van der Waals surface area contributed by atoms with E-state index in [-0.39, 0.29) is 31.0 Å². The molecular weight excluding hydrogens is 466 g/mol. The van der Waals surface area contributed by atoms with Crippen molar-refractivity contribution in [2.75, 3.05) is 6.61 Å². The number of carbonyl (C=O) groups excluding carboxylic acids is 1. The summed E-state index contributed by atoms with van der Waals surface area (Å²) in [4.78, 5) is 12.8. The van der Waals surface area contributed by atoms with Crippen molar-refractivity contribution < 1.29 is 41.4 Å². The summed E-state index contributed by atoms with van der Waals surface area (Å²) in [6.45, 7) is -0.793. The molecule has 1 amide bonds. The van der Waals surface area contributed by atoms with Crippen molar-refractivity contribution in [2.45, 2.75) is 56.3 Å². The highest BCUT2D eigenvalue weighted by molar-refractivity contribution is 5.64. The van der Waals surface area contributed by atoms with Gasteiger partial charge in [-0.2, -0.15) is 26.3 Å². The van der Waals surface area contributed by atoms with Crippen LogP contribution in [0.3, 0.4) is 0 Å². The predicted molar refractivity (Wildman–Crippen MR) is 108 cm³/mol. The number of alkyl halides is 6. The summed E-state index contributed by atoms with van der Waals surface area (Å²) in [6.07, 6.45) is -10.7. The monoisotopic (exact) mass is 489 g/mol. The second kappa shape index (κ2) is 10.2. The number of nitrogens with zero attached hydrogens (tertiary/aromatic N) is 1. The number of aliphatic hydroxyl groups excluding tert-OH is 1. The largest absolute Gasteiger partial charge is 0.530 e. The van der Waals surface area contributed by atoms with Gasteiger partial charge in [-0.25, -0.2) is 0 Å². The molecule has 0 bridgehead atoms. The molecule has 186 valence electrons. The van der Waals surface area contributed by atoms with Crippen LogP contribution >= 0.6 is 0 Å². The van der Waals surface area contributed by atoms with Crippen molar-refractivity contribution in [3.8, 4) is 0 Å². The van der Waals surface area contributed by atoms with Crippen LogP contribution in [0.1, 0.15) is 35.1 Å². The molecule has 3 unspecified atom stereocenters. The van der Waals surface area contributed by atoms with Gasteiger partial charge < -0.3 is 25.2 Å². The minimum Gasteiger partial charge on any atom is -0.530 e. The number of hydrogen-bond donors (Lipinski definition) is 2. The first kappa shape index (κ1) is 25.8. The molecule has 0 aliphatic carbocycles. The molecule has 1 fully saturated rings. The van der Waals surface area contributed by atoms with Gasteiger partial charge in [0, 0.05) is 18.6 Å². The van der Waals surface area contributed by atoms with Crippen molar-refractivity contribution in [1.29, 1.82) is 0 Å². The molecular formula is C23H23F6N2O3-. The van der Waals surface area contributed by atoms with E-state index >= 15 is 0 Å². The average molecular weight is 489 g/mol. The zero-order valence-electron chi connectivity index (χ0n) is 17.9. The number of halogens is 6. The minimum absolute atomic E-state index is 0.0690. The summed E-state index contributed by atoms with van der Waals surface area (Å²) in [5.74, 6) is 0. The third-order valence-electron chi connectivity index (χ3n) is 5.88. The van der Waals surface area contributed by atoms with Gasteiger partial charge in [0.05, 0.1) is 23.8 Å². The molecule has 11 heteroatoms. The Balaban J connectivity index is 1.80. The van der Waals surface area contributed by atoms with E-state index in [1.807, 2.05) is 0 Å². The minimum atomic E-state index is -4.95. The van der Waals surface area contributed by atoms with E-state index < -0.39 is 54.3 Å². The Kier molecular flexibility index (Phi) is 7.77. The Morgan fingerprint density at radius 1 is 0.941 bits per heavy atom. The number of aliphatic hydroxyl groups is 1. The van der Waals surface area contributed by atoms with Gasteiger partial charge in [0.1, 0.15) is 6.09 Å². The lowest BCUT2D eigenvalue weighted by atomic mass is 9.88. The number of carboxylic acid groups (broad SMARTS) is 1. The van der Waals surface area contributed by atoms with Crippen LogP contribution in [0.2, 0.25) is 0 Å². The molecule has 2 aromatic carbocycles. The van der Waals surface area contributed by atoms with Gasteiger partial charge in [-0.3, -0.25) is 0 Å². The molecule has 0 saturated carbocycles. The summed E-state index contributed by atoms with van der Waals surface area (Å²) in [6, 6.07) is 8.49. The summed E-state index contributed by atoms with van der Waals surface area (Å²) < 4.78 is 78.7. The van der Waals surface area contributed by atoms with Crippen molar-refractivity contribution in [3.63, 3.8) is 0 Å². The van der Waals surface area contributed by atoms with Crippen molar-refractivity contribution in [2.24, 2.45) is 0 Å². The highest BCUT2D eigenvalue weighted by atomic mass is 19.4. The zero-order chi connectivity index (χ0) is 25.1. The molecule has 3 atom stereocenters. The highest BCUT2D eigenvalue weighted by Gasteiger charge is 2.38. The van der Waals surface area contributed by atoms with Crippen LogP contribution in [0.4, 0.5) is 31.1 Å². The van der Waals surface area contributed by atoms with Crippen molar-refractivity contribution >= 4 is 6.09 Å². The lowest BCUT2D eigenvalue weighted by molar-refractivity contribution is -0.273. The summed E-state index contributed by atoms with van der Waals surface area (Å²) in [5.41, 5.74) is -2.17.